The Morgan fingerprint density at radius 2 is 1.67 bits per heavy atom. The van der Waals surface area contributed by atoms with Gasteiger partial charge in [0.25, 0.3) is 0 Å². The van der Waals surface area contributed by atoms with Crippen molar-refractivity contribution < 1.29 is 9.13 Å². The average Bonchev–Trinajstić information content (AvgIpc) is 3.13. The molecule has 1 fully saturated rings. The number of halogens is 2. The van der Waals surface area contributed by atoms with Crippen LogP contribution >= 0.6 is 11.6 Å². The summed E-state index contributed by atoms with van der Waals surface area (Å²) < 4.78 is 19.8. The topological polar surface area (TPSA) is 15.7 Å². The molecule has 1 aliphatic heterocycles. The Balaban J connectivity index is 1.19. The number of ether oxygens (including phenoxy) is 1. The molecule has 1 saturated heterocycles. The van der Waals surface area contributed by atoms with Gasteiger partial charge in [-0.05, 0) is 73.2 Å². The molecule has 0 radical (unpaired) electrons. The van der Waals surface area contributed by atoms with Gasteiger partial charge in [0.05, 0.1) is 6.61 Å². The molecule has 3 nitrogen and oxygen atoms in total. The molecule has 27 heavy (non-hydrogen) atoms. The Morgan fingerprint density at radius 3 is 2.41 bits per heavy atom. The lowest BCUT2D eigenvalue weighted by Gasteiger charge is -2.36. The summed E-state index contributed by atoms with van der Waals surface area (Å²) in [5, 5.41) is 0.775. The third-order valence-corrected chi connectivity index (χ3v) is 5.84. The van der Waals surface area contributed by atoms with E-state index in [2.05, 4.69) is 21.9 Å². The highest BCUT2D eigenvalue weighted by Gasteiger charge is 2.18. The Hall–Kier alpha value is -1.78. The smallest absolute Gasteiger partial charge is 0.165 e. The molecule has 0 amide bonds. The number of nitrogens with zero attached hydrogens (tertiary/aromatic N) is 2. The lowest BCUT2D eigenvalue weighted by atomic mass is 10.1. The van der Waals surface area contributed by atoms with E-state index in [9.17, 15) is 4.39 Å². The van der Waals surface area contributed by atoms with Crippen LogP contribution in [-0.2, 0) is 12.8 Å². The molecule has 2 aromatic rings. The molecule has 1 heterocycles. The van der Waals surface area contributed by atoms with Crippen LogP contribution in [0.25, 0.3) is 0 Å². The van der Waals surface area contributed by atoms with Crippen LogP contribution < -0.4 is 9.64 Å². The summed E-state index contributed by atoms with van der Waals surface area (Å²) >= 11 is 5.96. The zero-order valence-corrected chi connectivity index (χ0v) is 16.3. The molecule has 0 saturated carbocycles. The second kappa shape index (κ2) is 8.49. The Labute approximate surface area is 165 Å². The standard InChI is InChI=1S/C22H26ClFN2O/c23-19-5-7-20(8-6-19)26-12-10-25(11-13-26)9-2-14-27-22-16-18-4-1-3-17(18)15-21(22)24/h5-8,15-16H,1-4,9-14H2. The summed E-state index contributed by atoms with van der Waals surface area (Å²) in [6.07, 6.45) is 4.08. The number of fused-ring (bicyclic) bond motifs is 1. The summed E-state index contributed by atoms with van der Waals surface area (Å²) in [6, 6.07) is 11.6. The molecule has 2 aromatic carbocycles. The summed E-state index contributed by atoms with van der Waals surface area (Å²) in [5.41, 5.74) is 3.64. The van der Waals surface area contributed by atoms with Gasteiger partial charge in [-0.1, -0.05) is 11.6 Å². The van der Waals surface area contributed by atoms with E-state index in [1.165, 1.54) is 11.3 Å². The van der Waals surface area contributed by atoms with Gasteiger partial charge in [0.1, 0.15) is 0 Å². The predicted octanol–water partition coefficient (Wildman–Crippen LogP) is 4.56. The summed E-state index contributed by atoms with van der Waals surface area (Å²) in [7, 11) is 0. The molecule has 0 N–H and O–H groups in total. The molecule has 144 valence electrons. The number of hydrogen-bond donors (Lipinski definition) is 0. The highest BCUT2D eigenvalue weighted by atomic mass is 35.5. The number of benzene rings is 2. The summed E-state index contributed by atoms with van der Waals surface area (Å²) in [6.45, 7) is 5.66. The number of aryl methyl sites for hydroxylation is 2. The van der Waals surface area contributed by atoms with Crippen LogP contribution in [0.1, 0.15) is 24.0 Å². The molecular formula is C22H26ClFN2O. The van der Waals surface area contributed by atoms with E-state index in [4.69, 9.17) is 16.3 Å². The summed E-state index contributed by atoms with van der Waals surface area (Å²) in [4.78, 5) is 4.85. The second-order valence-corrected chi connectivity index (χ2v) is 7.85. The van der Waals surface area contributed by atoms with Crippen molar-refractivity contribution in [3.63, 3.8) is 0 Å². The third-order valence-electron chi connectivity index (χ3n) is 5.59. The van der Waals surface area contributed by atoms with Gasteiger partial charge in [-0.25, -0.2) is 4.39 Å². The van der Waals surface area contributed by atoms with Crippen molar-refractivity contribution in [2.45, 2.75) is 25.7 Å². The van der Waals surface area contributed by atoms with Gasteiger partial charge in [0.15, 0.2) is 11.6 Å². The quantitative estimate of drug-likeness (QED) is 0.675. The van der Waals surface area contributed by atoms with E-state index < -0.39 is 0 Å². The van der Waals surface area contributed by atoms with Crippen molar-refractivity contribution in [3.05, 3.63) is 58.4 Å². The van der Waals surface area contributed by atoms with E-state index in [0.717, 1.165) is 69.0 Å². The van der Waals surface area contributed by atoms with Gasteiger partial charge in [-0.3, -0.25) is 4.90 Å². The van der Waals surface area contributed by atoms with Gasteiger partial charge >= 0.3 is 0 Å². The number of piperazine rings is 1. The van der Waals surface area contributed by atoms with Gasteiger partial charge in [0.2, 0.25) is 0 Å². The van der Waals surface area contributed by atoms with Gasteiger partial charge < -0.3 is 9.64 Å². The Kier molecular flexibility index (Phi) is 5.84. The van der Waals surface area contributed by atoms with Crippen molar-refractivity contribution in [1.29, 1.82) is 0 Å². The molecule has 2 aliphatic rings. The SMILES string of the molecule is Fc1cc2c(cc1OCCCN1CCN(c3ccc(Cl)cc3)CC1)CCC2. The van der Waals surface area contributed by atoms with Crippen LogP contribution in [0.2, 0.25) is 5.02 Å². The Morgan fingerprint density at radius 1 is 0.963 bits per heavy atom. The zero-order valence-electron chi connectivity index (χ0n) is 15.6. The van der Waals surface area contributed by atoms with E-state index in [0.29, 0.717) is 12.4 Å². The van der Waals surface area contributed by atoms with Crippen LogP contribution in [0.4, 0.5) is 10.1 Å². The fraction of sp³-hybridized carbons (Fsp3) is 0.455. The van der Waals surface area contributed by atoms with Gasteiger partial charge in [-0.2, -0.15) is 0 Å². The van der Waals surface area contributed by atoms with Crippen molar-refractivity contribution in [2.24, 2.45) is 0 Å². The van der Waals surface area contributed by atoms with E-state index >= 15 is 0 Å². The van der Waals surface area contributed by atoms with E-state index in [1.807, 2.05) is 18.2 Å². The molecular weight excluding hydrogens is 363 g/mol. The number of rotatable bonds is 6. The zero-order chi connectivity index (χ0) is 18.6. The molecule has 0 unspecified atom stereocenters. The van der Waals surface area contributed by atoms with Gasteiger partial charge in [-0.15, -0.1) is 0 Å². The van der Waals surface area contributed by atoms with Crippen LogP contribution in [0.15, 0.2) is 36.4 Å². The van der Waals surface area contributed by atoms with Crippen LogP contribution in [-0.4, -0.2) is 44.2 Å². The maximum atomic E-state index is 14.1. The van der Waals surface area contributed by atoms with Crippen molar-refractivity contribution in [3.8, 4) is 5.75 Å². The fourth-order valence-corrected chi connectivity index (χ4v) is 4.16. The normalized spacial score (nSPS) is 17.2. The van der Waals surface area contributed by atoms with Crippen molar-refractivity contribution >= 4 is 17.3 Å². The first kappa shape index (κ1) is 18.6. The molecule has 1 aliphatic carbocycles. The highest BCUT2D eigenvalue weighted by Crippen LogP contribution is 2.29. The molecule has 0 aromatic heterocycles. The van der Waals surface area contributed by atoms with E-state index in [1.54, 1.807) is 6.07 Å². The minimum absolute atomic E-state index is 0.216. The van der Waals surface area contributed by atoms with Crippen molar-refractivity contribution in [1.82, 2.24) is 4.90 Å². The van der Waals surface area contributed by atoms with Crippen LogP contribution in [0.3, 0.4) is 0 Å². The minimum Gasteiger partial charge on any atom is -0.490 e. The van der Waals surface area contributed by atoms with Gasteiger partial charge in [0, 0.05) is 43.4 Å². The lowest BCUT2D eigenvalue weighted by molar-refractivity contribution is 0.221. The maximum Gasteiger partial charge on any atom is 0.165 e. The summed E-state index contributed by atoms with van der Waals surface area (Å²) in [5.74, 6) is 0.204. The number of anilines is 1. The average molecular weight is 389 g/mol. The molecule has 0 spiro atoms. The highest BCUT2D eigenvalue weighted by molar-refractivity contribution is 6.30. The molecule has 4 rings (SSSR count). The lowest BCUT2D eigenvalue weighted by Crippen LogP contribution is -2.46. The first-order valence-corrected chi connectivity index (χ1v) is 10.2. The Bertz CT molecular complexity index is 773. The maximum absolute atomic E-state index is 14.1. The fourth-order valence-electron chi connectivity index (χ4n) is 4.03. The molecule has 0 bridgehead atoms. The monoisotopic (exact) mass is 388 g/mol. The van der Waals surface area contributed by atoms with E-state index in [-0.39, 0.29) is 5.82 Å². The third kappa shape index (κ3) is 4.56. The van der Waals surface area contributed by atoms with Crippen LogP contribution in [0.5, 0.6) is 5.75 Å². The first-order chi connectivity index (χ1) is 13.2. The predicted molar refractivity (Wildman–Crippen MR) is 109 cm³/mol. The molecule has 5 heteroatoms. The first-order valence-electron chi connectivity index (χ1n) is 9.86. The van der Waals surface area contributed by atoms with Crippen LogP contribution in [0, 0.1) is 5.82 Å². The van der Waals surface area contributed by atoms with Crippen molar-refractivity contribution in [2.75, 3.05) is 44.2 Å². The second-order valence-electron chi connectivity index (χ2n) is 7.41. The minimum atomic E-state index is -0.216. The molecule has 0 atom stereocenters. The largest absolute Gasteiger partial charge is 0.490 e. The number of hydrogen-bond acceptors (Lipinski definition) is 3.